The summed E-state index contributed by atoms with van der Waals surface area (Å²) in [5, 5.41) is 18.4. The Hall–Kier alpha value is 2.03. The van der Waals surface area contributed by atoms with Crippen LogP contribution in [0.15, 0.2) is 0 Å². The summed E-state index contributed by atoms with van der Waals surface area (Å²) < 4.78 is 15.0. The molecule has 2 atom stereocenters. The Balaban J connectivity index is -0.00000312. The van der Waals surface area contributed by atoms with Crippen molar-refractivity contribution >= 4 is 7.82 Å². The predicted octanol–water partition coefficient (Wildman–Crippen LogP) is -2.57. The number of phosphoric ester groups is 1. The maximum Gasteiger partial charge on any atom is 1.00 e. The Labute approximate surface area is 216 Å². The Bertz CT molecular complexity index is 357. The molecule has 0 aromatic heterocycles. The summed E-state index contributed by atoms with van der Waals surface area (Å²) in [5.41, 5.74) is 0. The number of hydrogen-bond acceptors (Lipinski definition) is 6. The fraction of sp³-hybridized carbons (Fsp3) is 1.00. The second kappa shape index (κ2) is 23.7. The molecule has 0 fully saturated rings. The molecule has 0 heterocycles. The largest absolute Gasteiger partial charge is 1.00 e. The summed E-state index contributed by atoms with van der Waals surface area (Å²) in [5.74, 6) is 0. The van der Waals surface area contributed by atoms with Crippen molar-refractivity contribution in [1.82, 2.24) is 0 Å². The van der Waals surface area contributed by atoms with Crippen molar-refractivity contribution in [2.24, 2.45) is 0 Å². The first-order valence-corrected chi connectivity index (χ1v) is 11.9. The SMILES string of the molecule is CCCCCCCCCCCCCCCCC(OP(=O)([O-])[O-])C(O)CO.[Na+].[Na+]. The van der Waals surface area contributed by atoms with Crippen molar-refractivity contribution < 1.29 is 88.2 Å². The molecule has 0 aliphatic heterocycles. The number of rotatable bonds is 19. The van der Waals surface area contributed by atoms with E-state index in [1.54, 1.807) is 0 Å². The van der Waals surface area contributed by atoms with Crippen LogP contribution in [0.4, 0.5) is 0 Å². The molecule has 9 heteroatoms. The fourth-order valence-electron chi connectivity index (χ4n) is 3.14. The van der Waals surface area contributed by atoms with Gasteiger partial charge in [0.2, 0.25) is 0 Å². The van der Waals surface area contributed by atoms with Gasteiger partial charge >= 0.3 is 59.1 Å². The molecule has 2 N–H and O–H groups in total. The van der Waals surface area contributed by atoms with E-state index >= 15 is 0 Å². The van der Waals surface area contributed by atoms with Gasteiger partial charge in [0.1, 0.15) is 6.10 Å². The third kappa shape index (κ3) is 24.3. The van der Waals surface area contributed by atoms with E-state index in [-0.39, 0.29) is 65.5 Å². The molecule has 0 aliphatic rings. The summed E-state index contributed by atoms with van der Waals surface area (Å²) in [6.45, 7) is 1.62. The van der Waals surface area contributed by atoms with E-state index in [1.165, 1.54) is 64.2 Å². The van der Waals surface area contributed by atoms with E-state index in [0.717, 1.165) is 19.3 Å². The van der Waals surface area contributed by atoms with Crippen LogP contribution < -0.4 is 68.9 Å². The van der Waals surface area contributed by atoms with Gasteiger partial charge in [0.15, 0.2) is 0 Å². The first kappa shape index (κ1) is 34.6. The zero-order chi connectivity index (χ0) is 19.7. The second-order valence-electron chi connectivity index (χ2n) is 7.23. The molecule has 0 rings (SSSR count). The third-order valence-corrected chi connectivity index (χ3v) is 5.25. The zero-order valence-corrected chi connectivity index (χ0v) is 23.3. The Kier molecular flexibility index (Phi) is 29.3. The van der Waals surface area contributed by atoms with Gasteiger partial charge < -0.3 is 29.1 Å². The van der Waals surface area contributed by atoms with E-state index in [0.29, 0.717) is 6.42 Å². The van der Waals surface area contributed by atoms with Crippen LogP contribution in [0.1, 0.15) is 103 Å². The van der Waals surface area contributed by atoms with Gasteiger partial charge in [-0.05, 0) is 6.42 Å². The van der Waals surface area contributed by atoms with Crippen LogP contribution in [0.5, 0.6) is 0 Å². The average Bonchev–Trinajstić information content (AvgIpc) is 2.59. The molecule has 0 bridgehead atoms. The Morgan fingerprint density at radius 3 is 1.46 bits per heavy atom. The predicted molar refractivity (Wildman–Crippen MR) is 101 cm³/mol. The maximum atomic E-state index is 10.7. The Morgan fingerprint density at radius 1 is 0.786 bits per heavy atom. The van der Waals surface area contributed by atoms with Crippen molar-refractivity contribution in [1.29, 1.82) is 0 Å². The van der Waals surface area contributed by atoms with Gasteiger partial charge in [-0.3, -0.25) is 0 Å². The molecule has 0 aromatic rings. The van der Waals surface area contributed by atoms with Gasteiger partial charge in [-0.25, -0.2) is 0 Å². The topological polar surface area (TPSA) is 113 Å². The van der Waals surface area contributed by atoms with Gasteiger partial charge in [-0.15, -0.1) is 0 Å². The van der Waals surface area contributed by atoms with Crippen LogP contribution in [0, 0.1) is 0 Å². The smallest absolute Gasteiger partial charge is 0.790 e. The van der Waals surface area contributed by atoms with Gasteiger partial charge in [0, 0.05) is 0 Å². The molecule has 28 heavy (non-hydrogen) atoms. The molecule has 158 valence electrons. The van der Waals surface area contributed by atoms with Crippen molar-refractivity contribution in [3.05, 3.63) is 0 Å². The number of hydrogen-bond donors (Lipinski definition) is 2. The number of phosphoric acid groups is 1. The fourth-order valence-corrected chi connectivity index (χ4v) is 3.72. The van der Waals surface area contributed by atoms with Crippen molar-refractivity contribution in [2.75, 3.05) is 6.61 Å². The van der Waals surface area contributed by atoms with Gasteiger partial charge in [-0.2, -0.15) is 0 Å². The number of aliphatic hydroxyl groups is 2. The molecule has 0 spiro atoms. The molecule has 0 saturated carbocycles. The Morgan fingerprint density at radius 2 is 1.14 bits per heavy atom. The first-order chi connectivity index (χ1) is 12.4. The summed E-state index contributed by atoms with van der Waals surface area (Å²) in [6.07, 6.45) is 14.8. The third-order valence-electron chi connectivity index (χ3n) is 4.72. The van der Waals surface area contributed by atoms with E-state index in [4.69, 9.17) is 5.11 Å². The second-order valence-corrected chi connectivity index (χ2v) is 8.33. The minimum absolute atomic E-state index is 0. The maximum absolute atomic E-state index is 10.7. The average molecular weight is 440 g/mol. The molecule has 6 nitrogen and oxygen atoms in total. The molecule has 0 radical (unpaired) electrons. The molecule has 2 unspecified atom stereocenters. The zero-order valence-electron chi connectivity index (χ0n) is 18.4. The molecule has 0 saturated heterocycles. The summed E-state index contributed by atoms with van der Waals surface area (Å²) in [4.78, 5) is 21.3. The first-order valence-electron chi connectivity index (χ1n) is 10.4. The molecule has 0 amide bonds. The van der Waals surface area contributed by atoms with Crippen molar-refractivity contribution in [3.8, 4) is 0 Å². The minimum Gasteiger partial charge on any atom is -0.790 e. The van der Waals surface area contributed by atoms with Crippen LogP contribution in [-0.2, 0) is 9.09 Å². The van der Waals surface area contributed by atoms with Crippen LogP contribution in [0.25, 0.3) is 0 Å². The monoisotopic (exact) mass is 440 g/mol. The van der Waals surface area contributed by atoms with E-state index in [2.05, 4.69) is 11.4 Å². The van der Waals surface area contributed by atoms with Crippen molar-refractivity contribution in [3.63, 3.8) is 0 Å². The number of unbranched alkanes of at least 4 members (excludes halogenated alkanes) is 13. The quantitative estimate of drug-likeness (QED) is 0.130. The standard InChI is InChI=1S/C19H41O6P.2Na/c1-2-3-4-5-6-7-8-9-10-11-12-13-14-15-16-19(18(21)17-20)25-26(22,23)24;;/h18-21H,2-17H2,1H3,(H2,22,23,24);;/q;2*+1/p-2. The van der Waals surface area contributed by atoms with Crippen LogP contribution >= 0.6 is 7.82 Å². The van der Waals surface area contributed by atoms with Gasteiger partial charge in [-0.1, -0.05) is 96.8 Å². The van der Waals surface area contributed by atoms with E-state index < -0.39 is 26.6 Å². The molecule has 0 aliphatic carbocycles. The van der Waals surface area contributed by atoms with E-state index in [1.807, 2.05) is 0 Å². The van der Waals surface area contributed by atoms with Gasteiger partial charge in [0.25, 0.3) is 0 Å². The summed E-state index contributed by atoms with van der Waals surface area (Å²) in [7, 11) is -5.15. The minimum atomic E-state index is -5.15. The van der Waals surface area contributed by atoms with Crippen LogP contribution in [0.3, 0.4) is 0 Å². The molecular formula is C19H39Na2O6P. The number of aliphatic hydroxyl groups excluding tert-OH is 2. The van der Waals surface area contributed by atoms with Crippen LogP contribution in [-0.4, -0.2) is 29.0 Å². The summed E-state index contributed by atoms with van der Waals surface area (Å²) in [6, 6.07) is 0. The molecule has 0 aromatic carbocycles. The summed E-state index contributed by atoms with van der Waals surface area (Å²) >= 11 is 0. The van der Waals surface area contributed by atoms with Crippen molar-refractivity contribution in [2.45, 2.75) is 115 Å². The van der Waals surface area contributed by atoms with Crippen LogP contribution in [0.2, 0.25) is 0 Å². The van der Waals surface area contributed by atoms with E-state index in [9.17, 15) is 19.5 Å². The van der Waals surface area contributed by atoms with Gasteiger partial charge in [0.05, 0.1) is 20.5 Å². The normalized spacial score (nSPS) is 13.5. The molecular weight excluding hydrogens is 401 g/mol.